The van der Waals surface area contributed by atoms with E-state index in [0.717, 1.165) is 35.4 Å². The van der Waals surface area contributed by atoms with Crippen molar-refractivity contribution >= 4 is 17.5 Å². The van der Waals surface area contributed by atoms with Crippen molar-refractivity contribution < 1.29 is 14.3 Å². The number of rotatable bonds is 4. The van der Waals surface area contributed by atoms with E-state index in [2.05, 4.69) is 10.4 Å². The minimum atomic E-state index is -0.119. The molecule has 2 aliphatic rings. The molecular formula is C22H20ClN3O3. The lowest BCUT2D eigenvalue weighted by atomic mass is 9.92. The van der Waals surface area contributed by atoms with Crippen molar-refractivity contribution in [2.24, 2.45) is 0 Å². The first kappa shape index (κ1) is 18.1. The van der Waals surface area contributed by atoms with Gasteiger partial charge in [0.2, 0.25) is 6.79 Å². The maximum atomic E-state index is 12.8. The number of carbonyl (C=O) groups excluding carboxylic acids is 1. The highest BCUT2D eigenvalue weighted by Gasteiger charge is 2.26. The number of nitrogens with zero attached hydrogens (tertiary/aromatic N) is 2. The number of halogens is 1. The standard InChI is InChI=1S/C22H20ClN3O3/c23-16-7-4-14(5-8-16)12-26-19-3-1-2-18(17(19)11-24-26)25-22(27)15-6-9-20-21(10-15)29-13-28-20/h4-11,18H,1-3,12-13H2,(H,25,27)/t18-/m1/s1. The van der Waals surface area contributed by atoms with Crippen LogP contribution < -0.4 is 14.8 Å². The van der Waals surface area contributed by atoms with Gasteiger partial charge in [0, 0.05) is 21.8 Å². The number of ether oxygens (including phenoxy) is 2. The van der Waals surface area contributed by atoms with E-state index in [-0.39, 0.29) is 18.7 Å². The predicted octanol–water partition coefficient (Wildman–Crippen LogP) is 4.12. The van der Waals surface area contributed by atoms with E-state index in [1.807, 2.05) is 35.1 Å². The lowest BCUT2D eigenvalue weighted by molar-refractivity contribution is 0.0932. The Morgan fingerprint density at radius 3 is 2.86 bits per heavy atom. The third-order valence-electron chi connectivity index (χ3n) is 5.45. The monoisotopic (exact) mass is 409 g/mol. The molecule has 1 atom stereocenters. The van der Waals surface area contributed by atoms with Crippen molar-refractivity contribution in [3.8, 4) is 11.5 Å². The van der Waals surface area contributed by atoms with Gasteiger partial charge in [-0.2, -0.15) is 5.10 Å². The van der Waals surface area contributed by atoms with Crippen LogP contribution in [0.15, 0.2) is 48.7 Å². The van der Waals surface area contributed by atoms with E-state index < -0.39 is 0 Å². The van der Waals surface area contributed by atoms with Crippen molar-refractivity contribution in [1.29, 1.82) is 0 Å². The molecule has 0 fully saturated rings. The second kappa shape index (κ2) is 7.44. The van der Waals surface area contributed by atoms with E-state index in [0.29, 0.717) is 23.6 Å². The number of hydrogen-bond donors (Lipinski definition) is 1. The molecule has 1 aromatic heterocycles. The van der Waals surface area contributed by atoms with Gasteiger partial charge in [0.1, 0.15) is 0 Å². The number of benzene rings is 2. The van der Waals surface area contributed by atoms with Gasteiger partial charge in [-0.05, 0) is 55.2 Å². The van der Waals surface area contributed by atoms with Gasteiger partial charge < -0.3 is 14.8 Å². The molecule has 0 saturated carbocycles. The maximum absolute atomic E-state index is 12.8. The molecule has 2 aromatic carbocycles. The van der Waals surface area contributed by atoms with Crippen molar-refractivity contribution in [3.63, 3.8) is 0 Å². The second-order valence-corrected chi connectivity index (χ2v) is 7.75. The van der Waals surface area contributed by atoms with Crippen LogP contribution in [0, 0.1) is 0 Å². The molecule has 1 aliphatic carbocycles. The van der Waals surface area contributed by atoms with Crippen LogP contribution in [0.25, 0.3) is 0 Å². The summed E-state index contributed by atoms with van der Waals surface area (Å²) in [7, 11) is 0. The zero-order chi connectivity index (χ0) is 19.8. The van der Waals surface area contributed by atoms with Gasteiger partial charge in [-0.1, -0.05) is 23.7 Å². The summed E-state index contributed by atoms with van der Waals surface area (Å²) < 4.78 is 12.7. The first-order chi connectivity index (χ1) is 14.2. The molecule has 7 heteroatoms. The van der Waals surface area contributed by atoms with Crippen LogP contribution >= 0.6 is 11.6 Å². The molecule has 1 aliphatic heterocycles. The average Bonchev–Trinajstić information content (AvgIpc) is 3.37. The largest absolute Gasteiger partial charge is 0.454 e. The molecule has 0 bridgehead atoms. The second-order valence-electron chi connectivity index (χ2n) is 7.32. The van der Waals surface area contributed by atoms with Gasteiger partial charge in [-0.15, -0.1) is 0 Å². The Morgan fingerprint density at radius 1 is 1.17 bits per heavy atom. The zero-order valence-electron chi connectivity index (χ0n) is 15.7. The zero-order valence-corrected chi connectivity index (χ0v) is 16.5. The van der Waals surface area contributed by atoms with Crippen LogP contribution in [0.4, 0.5) is 0 Å². The molecule has 1 N–H and O–H groups in total. The van der Waals surface area contributed by atoms with Crippen LogP contribution in [0.2, 0.25) is 5.02 Å². The summed E-state index contributed by atoms with van der Waals surface area (Å²) in [5.74, 6) is 1.16. The Hall–Kier alpha value is -2.99. The van der Waals surface area contributed by atoms with Crippen LogP contribution in [-0.2, 0) is 13.0 Å². The summed E-state index contributed by atoms with van der Waals surface area (Å²) in [4.78, 5) is 12.8. The first-order valence-corrected chi connectivity index (χ1v) is 10.0. The van der Waals surface area contributed by atoms with Gasteiger partial charge in [0.05, 0.1) is 18.8 Å². The molecule has 0 unspecified atom stereocenters. The molecule has 29 heavy (non-hydrogen) atoms. The lowest BCUT2D eigenvalue weighted by Gasteiger charge is -2.24. The number of hydrogen-bond acceptors (Lipinski definition) is 4. The fourth-order valence-electron chi connectivity index (χ4n) is 3.95. The molecule has 1 amide bonds. The SMILES string of the molecule is O=C(N[C@@H]1CCCc2c1cnn2Cc1ccc(Cl)cc1)c1ccc2c(c1)OCO2. The van der Waals surface area contributed by atoms with Gasteiger partial charge >= 0.3 is 0 Å². The molecule has 0 spiro atoms. The number of amides is 1. The molecule has 148 valence electrons. The highest BCUT2D eigenvalue weighted by molar-refractivity contribution is 6.30. The van der Waals surface area contributed by atoms with Crippen LogP contribution in [0.5, 0.6) is 11.5 Å². The third kappa shape index (κ3) is 3.56. The number of nitrogens with one attached hydrogen (secondary N) is 1. The summed E-state index contributed by atoms with van der Waals surface area (Å²) in [6.45, 7) is 0.883. The van der Waals surface area contributed by atoms with Gasteiger partial charge in [-0.25, -0.2) is 0 Å². The van der Waals surface area contributed by atoms with E-state index in [9.17, 15) is 4.79 Å². The topological polar surface area (TPSA) is 65.4 Å². The Balaban J connectivity index is 1.34. The molecule has 3 aromatic rings. The molecule has 0 radical (unpaired) electrons. The van der Waals surface area contributed by atoms with Crippen LogP contribution in [-0.4, -0.2) is 22.5 Å². The van der Waals surface area contributed by atoms with E-state index >= 15 is 0 Å². The maximum Gasteiger partial charge on any atom is 0.251 e. The molecule has 0 saturated heterocycles. The fraction of sp³-hybridized carbons (Fsp3) is 0.273. The summed E-state index contributed by atoms with van der Waals surface area (Å²) in [6.07, 6.45) is 4.75. The Morgan fingerprint density at radius 2 is 2.00 bits per heavy atom. The molecule has 6 nitrogen and oxygen atoms in total. The lowest BCUT2D eigenvalue weighted by Crippen LogP contribution is -2.31. The number of aromatic nitrogens is 2. The van der Waals surface area contributed by atoms with Crippen molar-refractivity contribution in [2.75, 3.05) is 6.79 Å². The highest BCUT2D eigenvalue weighted by atomic mass is 35.5. The number of carbonyl (C=O) groups is 1. The van der Waals surface area contributed by atoms with Crippen LogP contribution in [0.1, 0.15) is 46.1 Å². The van der Waals surface area contributed by atoms with E-state index in [1.54, 1.807) is 18.2 Å². The Labute approximate surface area is 173 Å². The van der Waals surface area contributed by atoms with Crippen molar-refractivity contribution in [2.45, 2.75) is 31.8 Å². The number of fused-ring (bicyclic) bond motifs is 2. The van der Waals surface area contributed by atoms with Crippen molar-refractivity contribution in [3.05, 3.63) is 76.1 Å². The van der Waals surface area contributed by atoms with Gasteiger partial charge in [0.25, 0.3) is 5.91 Å². The van der Waals surface area contributed by atoms with E-state index in [4.69, 9.17) is 21.1 Å². The fourth-order valence-corrected chi connectivity index (χ4v) is 4.07. The Kier molecular flexibility index (Phi) is 4.64. The molecular weight excluding hydrogens is 390 g/mol. The minimum Gasteiger partial charge on any atom is -0.454 e. The quantitative estimate of drug-likeness (QED) is 0.704. The Bertz CT molecular complexity index is 1060. The van der Waals surface area contributed by atoms with Gasteiger partial charge in [0.15, 0.2) is 11.5 Å². The summed E-state index contributed by atoms with van der Waals surface area (Å²) in [6, 6.07) is 13.0. The normalized spacial score (nSPS) is 17.1. The third-order valence-corrected chi connectivity index (χ3v) is 5.70. The first-order valence-electron chi connectivity index (χ1n) is 9.67. The smallest absolute Gasteiger partial charge is 0.251 e. The van der Waals surface area contributed by atoms with Crippen LogP contribution in [0.3, 0.4) is 0 Å². The summed E-state index contributed by atoms with van der Waals surface area (Å²) >= 11 is 5.98. The van der Waals surface area contributed by atoms with E-state index in [1.165, 1.54) is 5.69 Å². The average molecular weight is 410 g/mol. The van der Waals surface area contributed by atoms with Crippen molar-refractivity contribution in [1.82, 2.24) is 15.1 Å². The summed E-state index contributed by atoms with van der Waals surface area (Å²) in [5, 5.41) is 8.47. The predicted molar refractivity (Wildman–Crippen MR) is 108 cm³/mol. The van der Waals surface area contributed by atoms with Gasteiger partial charge in [-0.3, -0.25) is 9.48 Å². The minimum absolute atomic E-state index is 0.0457. The highest BCUT2D eigenvalue weighted by Crippen LogP contribution is 2.34. The molecule has 2 heterocycles. The molecule has 5 rings (SSSR count). The summed E-state index contributed by atoms with van der Waals surface area (Å²) in [5.41, 5.74) is 3.99.